The molecule has 0 bridgehead atoms. The fourth-order valence-corrected chi connectivity index (χ4v) is 4.10. The zero-order valence-corrected chi connectivity index (χ0v) is 15.0. The average Bonchev–Trinajstić information content (AvgIpc) is 2.96. The number of esters is 1. The van der Waals surface area contributed by atoms with Crippen LogP contribution in [-0.2, 0) is 23.7 Å². The summed E-state index contributed by atoms with van der Waals surface area (Å²) in [5, 5.41) is 49.4. The van der Waals surface area contributed by atoms with Crippen molar-refractivity contribution in [2.75, 3.05) is 13.7 Å². The van der Waals surface area contributed by atoms with E-state index in [1.54, 1.807) is 6.92 Å². The molecule has 0 unspecified atom stereocenters. The highest BCUT2D eigenvalue weighted by Crippen LogP contribution is 2.47. The molecule has 1 aliphatic carbocycles. The van der Waals surface area contributed by atoms with E-state index in [4.69, 9.17) is 18.9 Å². The van der Waals surface area contributed by atoms with E-state index < -0.39 is 61.6 Å². The van der Waals surface area contributed by atoms with Crippen LogP contribution in [0.25, 0.3) is 0 Å². The number of carbonyl (C=O) groups is 1. The van der Waals surface area contributed by atoms with Gasteiger partial charge in [-0.2, -0.15) is 0 Å². The molecule has 0 aromatic heterocycles. The molecule has 0 aromatic carbocycles. The molecule has 5 N–H and O–H groups in total. The van der Waals surface area contributed by atoms with Crippen LogP contribution >= 0.6 is 0 Å². The smallest absolute Gasteiger partial charge is 0.337 e. The van der Waals surface area contributed by atoms with Crippen molar-refractivity contribution in [3.8, 4) is 0 Å². The van der Waals surface area contributed by atoms with Crippen LogP contribution in [0.3, 0.4) is 0 Å². The van der Waals surface area contributed by atoms with E-state index in [2.05, 4.69) is 0 Å². The Morgan fingerprint density at radius 3 is 2.52 bits per heavy atom. The fraction of sp³-hybridized carbons (Fsp3) is 0.824. The van der Waals surface area contributed by atoms with Crippen molar-refractivity contribution in [3.05, 3.63) is 11.8 Å². The predicted molar refractivity (Wildman–Crippen MR) is 86.6 cm³/mol. The first kappa shape index (κ1) is 20.5. The largest absolute Gasteiger partial charge is 0.472 e. The highest BCUT2D eigenvalue weighted by molar-refractivity contribution is 5.89. The molecule has 1 saturated carbocycles. The van der Waals surface area contributed by atoms with Crippen LogP contribution in [0.15, 0.2) is 11.8 Å². The van der Waals surface area contributed by atoms with Crippen molar-refractivity contribution >= 4 is 5.97 Å². The third-order valence-electron chi connectivity index (χ3n) is 5.75. The molecule has 3 rings (SSSR count). The maximum atomic E-state index is 12.0. The molecular weight excluding hydrogens is 364 g/mol. The Labute approximate surface area is 155 Å². The lowest BCUT2D eigenvalue weighted by Gasteiger charge is -2.43. The zero-order valence-electron chi connectivity index (χ0n) is 15.0. The molecule has 27 heavy (non-hydrogen) atoms. The summed E-state index contributed by atoms with van der Waals surface area (Å²) in [6.07, 6.45) is -7.25. The van der Waals surface area contributed by atoms with Gasteiger partial charge in [0.1, 0.15) is 24.4 Å². The summed E-state index contributed by atoms with van der Waals surface area (Å²) in [5.74, 6) is -1.63. The molecule has 0 aromatic rings. The number of methoxy groups -OCH3 is 1. The van der Waals surface area contributed by atoms with Crippen molar-refractivity contribution < 1.29 is 49.3 Å². The van der Waals surface area contributed by atoms with Crippen LogP contribution in [0, 0.1) is 17.8 Å². The first-order chi connectivity index (χ1) is 12.8. The summed E-state index contributed by atoms with van der Waals surface area (Å²) in [4.78, 5) is 12.0. The molecule has 10 atom stereocenters. The van der Waals surface area contributed by atoms with E-state index in [0.717, 1.165) is 0 Å². The van der Waals surface area contributed by atoms with Crippen LogP contribution in [0.1, 0.15) is 13.3 Å². The summed E-state index contributed by atoms with van der Waals surface area (Å²) in [6, 6.07) is 0. The molecule has 2 aliphatic heterocycles. The highest BCUT2D eigenvalue weighted by atomic mass is 16.8. The molecule has 0 radical (unpaired) electrons. The molecule has 10 nitrogen and oxygen atoms in total. The topological polar surface area (TPSA) is 155 Å². The van der Waals surface area contributed by atoms with Gasteiger partial charge >= 0.3 is 5.97 Å². The Morgan fingerprint density at radius 1 is 1.19 bits per heavy atom. The van der Waals surface area contributed by atoms with Crippen LogP contribution in [0.4, 0.5) is 0 Å². The molecule has 0 spiro atoms. The van der Waals surface area contributed by atoms with Crippen LogP contribution in [-0.4, -0.2) is 88.3 Å². The van der Waals surface area contributed by atoms with Crippen LogP contribution in [0.5, 0.6) is 0 Å². The van der Waals surface area contributed by atoms with E-state index in [1.165, 1.54) is 13.4 Å². The Bertz CT molecular complexity index is 578. The van der Waals surface area contributed by atoms with E-state index in [1.807, 2.05) is 0 Å². The normalized spacial score (nSPS) is 47.0. The zero-order chi connectivity index (χ0) is 19.9. The Hall–Kier alpha value is -1.27. The quantitative estimate of drug-likeness (QED) is 0.336. The van der Waals surface area contributed by atoms with Crippen molar-refractivity contribution in [2.45, 2.75) is 56.4 Å². The van der Waals surface area contributed by atoms with Crippen molar-refractivity contribution in [2.24, 2.45) is 17.8 Å². The number of hydrogen-bond acceptors (Lipinski definition) is 10. The fourth-order valence-electron chi connectivity index (χ4n) is 4.10. The molecule has 2 heterocycles. The van der Waals surface area contributed by atoms with Crippen molar-refractivity contribution in [1.29, 1.82) is 0 Å². The van der Waals surface area contributed by atoms with Gasteiger partial charge in [0.15, 0.2) is 6.29 Å². The SMILES string of the molecule is COC(=O)C1=CO[C@H](O[C@@H]2O[C@H](CO)[C@@H](O)[C@H](O)[C@H]2O)[C@H]2[C@H](C)[C@H](O)C[C@H]12. The molecule has 2 fully saturated rings. The number of rotatable bonds is 4. The number of carbonyl (C=O) groups excluding carboxylic acids is 1. The van der Waals surface area contributed by atoms with Crippen LogP contribution < -0.4 is 0 Å². The van der Waals surface area contributed by atoms with Gasteiger partial charge in [-0.3, -0.25) is 0 Å². The van der Waals surface area contributed by atoms with E-state index in [9.17, 15) is 30.3 Å². The van der Waals surface area contributed by atoms with Gasteiger partial charge in [-0.15, -0.1) is 0 Å². The lowest BCUT2D eigenvalue weighted by atomic mass is 9.83. The molecule has 1 saturated heterocycles. The minimum atomic E-state index is -1.58. The molecular formula is C17H26O10. The lowest BCUT2D eigenvalue weighted by molar-refractivity contribution is -0.342. The number of aliphatic hydroxyl groups is 5. The molecule has 3 aliphatic rings. The van der Waals surface area contributed by atoms with Crippen molar-refractivity contribution in [3.63, 3.8) is 0 Å². The number of hydrogen-bond donors (Lipinski definition) is 5. The van der Waals surface area contributed by atoms with Gasteiger partial charge in [-0.05, 0) is 12.3 Å². The number of ether oxygens (including phenoxy) is 4. The second-order valence-corrected chi connectivity index (χ2v) is 7.25. The number of aliphatic hydroxyl groups excluding tert-OH is 5. The summed E-state index contributed by atoms with van der Waals surface area (Å²) in [5.41, 5.74) is 0.291. The minimum absolute atomic E-state index is 0.279. The van der Waals surface area contributed by atoms with Gasteiger partial charge in [0, 0.05) is 11.8 Å². The van der Waals surface area contributed by atoms with Crippen LogP contribution in [0.2, 0.25) is 0 Å². The summed E-state index contributed by atoms with van der Waals surface area (Å²) < 4.78 is 21.4. The third-order valence-corrected chi connectivity index (χ3v) is 5.75. The van der Waals surface area contributed by atoms with Crippen molar-refractivity contribution in [1.82, 2.24) is 0 Å². The third kappa shape index (κ3) is 3.58. The Kier molecular flexibility index (Phi) is 6.06. The molecule has 0 amide bonds. The summed E-state index contributed by atoms with van der Waals surface area (Å²) >= 11 is 0. The van der Waals surface area contributed by atoms with Gasteiger partial charge in [0.25, 0.3) is 0 Å². The lowest BCUT2D eigenvalue weighted by Crippen LogP contribution is -2.60. The van der Waals surface area contributed by atoms with E-state index in [0.29, 0.717) is 12.0 Å². The predicted octanol–water partition coefficient (Wildman–Crippen LogP) is -2.15. The summed E-state index contributed by atoms with van der Waals surface area (Å²) in [7, 11) is 1.25. The van der Waals surface area contributed by atoms with Gasteiger partial charge in [0.2, 0.25) is 6.29 Å². The first-order valence-electron chi connectivity index (χ1n) is 8.88. The maximum absolute atomic E-state index is 12.0. The van der Waals surface area contributed by atoms with Gasteiger partial charge < -0.3 is 44.5 Å². The minimum Gasteiger partial charge on any atom is -0.472 e. The first-order valence-corrected chi connectivity index (χ1v) is 8.88. The highest BCUT2D eigenvalue weighted by Gasteiger charge is 2.53. The summed E-state index contributed by atoms with van der Waals surface area (Å²) in [6.45, 7) is 1.21. The van der Waals surface area contributed by atoms with Gasteiger partial charge in [-0.1, -0.05) is 6.92 Å². The number of fused-ring (bicyclic) bond motifs is 1. The molecule has 154 valence electrons. The van der Waals surface area contributed by atoms with Gasteiger partial charge in [-0.25, -0.2) is 4.79 Å². The Morgan fingerprint density at radius 2 is 1.89 bits per heavy atom. The average molecular weight is 390 g/mol. The van der Waals surface area contributed by atoms with E-state index >= 15 is 0 Å². The van der Waals surface area contributed by atoms with Gasteiger partial charge in [0.05, 0.1) is 31.7 Å². The standard InChI is InChI=1S/C17H26O10/c1-6-9(19)3-7-8(15(23)24-2)5-25-16(11(6)7)27-17-14(22)13(21)12(20)10(4-18)26-17/h5-7,9-14,16-22H,3-4H2,1-2H3/t6-,7-,9-,10-,11+,12-,13+,14-,16-,17+/m1/s1. The second-order valence-electron chi connectivity index (χ2n) is 7.25. The Balaban J connectivity index is 1.80. The maximum Gasteiger partial charge on any atom is 0.337 e. The van der Waals surface area contributed by atoms with E-state index in [-0.39, 0.29) is 11.8 Å². The monoisotopic (exact) mass is 390 g/mol. The second kappa shape index (κ2) is 8.00. The molecule has 10 heteroatoms.